The number of esters is 1. The van der Waals surface area contributed by atoms with Gasteiger partial charge in [0.25, 0.3) is 0 Å². The molecule has 0 saturated carbocycles. The maximum Gasteiger partial charge on any atom is 0.389 e. The van der Waals surface area contributed by atoms with E-state index in [1.807, 2.05) is 20.8 Å². The molecule has 2 nitrogen and oxygen atoms in total. The molecule has 0 aliphatic rings. The summed E-state index contributed by atoms with van der Waals surface area (Å²) >= 11 is 1.27. The molecule has 114 valence electrons. The molecule has 0 rings (SSSR count). The quantitative estimate of drug-likeness (QED) is 0.465. The van der Waals surface area contributed by atoms with Gasteiger partial charge in [-0.15, -0.1) is 11.8 Å². The predicted octanol–water partition coefficient (Wildman–Crippen LogP) is 4.43. The van der Waals surface area contributed by atoms with Crippen molar-refractivity contribution in [2.45, 2.75) is 57.9 Å². The van der Waals surface area contributed by atoms with Gasteiger partial charge in [-0.1, -0.05) is 27.2 Å². The standard InChI is InChI=1S/C13H23F3O2S/c1-4-6-11(12(17)18-9-10(2)3)19-8-5-7-13(14,15)16/h10-11H,4-9H2,1-3H3. The first-order chi connectivity index (χ1) is 8.76. The molecule has 0 bridgehead atoms. The zero-order valence-corrected chi connectivity index (χ0v) is 12.6. The Labute approximate surface area is 117 Å². The lowest BCUT2D eigenvalue weighted by atomic mass is 10.2. The van der Waals surface area contributed by atoms with Crippen molar-refractivity contribution in [1.82, 2.24) is 0 Å². The molecular formula is C13H23F3O2S. The van der Waals surface area contributed by atoms with E-state index in [2.05, 4.69) is 0 Å². The van der Waals surface area contributed by atoms with Gasteiger partial charge < -0.3 is 4.74 Å². The highest BCUT2D eigenvalue weighted by Gasteiger charge is 2.27. The lowest BCUT2D eigenvalue weighted by Gasteiger charge is -2.16. The van der Waals surface area contributed by atoms with Gasteiger partial charge in [-0.3, -0.25) is 4.79 Å². The molecule has 0 aromatic carbocycles. The summed E-state index contributed by atoms with van der Waals surface area (Å²) < 4.78 is 41.1. The number of hydrogen-bond donors (Lipinski definition) is 0. The molecule has 0 fully saturated rings. The van der Waals surface area contributed by atoms with Crippen LogP contribution in [-0.4, -0.2) is 29.8 Å². The summed E-state index contributed by atoms with van der Waals surface area (Å²) in [7, 11) is 0. The van der Waals surface area contributed by atoms with Crippen molar-refractivity contribution < 1.29 is 22.7 Å². The van der Waals surface area contributed by atoms with E-state index < -0.39 is 12.6 Å². The van der Waals surface area contributed by atoms with E-state index in [9.17, 15) is 18.0 Å². The Morgan fingerprint density at radius 3 is 2.42 bits per heavy atom. The number of rotatable bonds is 9. The summed E-state index contributed by atoms with van der Waals surface area (Å²) in [5.74, 6) is 0.301. The molecule has 19 heavy (non-hydrogen) atoms. The molecule has 0 spiro atoms. The first kappa shape index (κ1) is 18.6. The minimum Gasteiger partial charge on any atom is -0.465 e. The smallest absolute Gasteiger partial charge is 0.389 e. The Morgan fingerprint density at radius 2 is 1.95 bits per heavy atom. The van der Waals surface area contributed by atoms with Crippen LogP contribution in [0.2, 0.25) is 0 Å². The van der Waals surface area contributed by atoms with E-state index in [-0.39, 0.29) is 23.6 Å². The number of thioether (sulfide) groups is 1. The highest BCUT2D eigenvalue weighted by atomic mass is 32.2. The number of hydrogen-bond acceptors (Lipinski definition) is 3. The van der Waals surface area contributed by atoms with Gasteiger partial charge in [0.2, 0.25) is 0 Å². The molecule has 0 aromatic rings. The largest absolute Gasteiger partial charge is 0.465 e. The van der Waals surface area contributed by atoms with Crippen molar-refractivity contribution in [2.24, 2.45) is 5.92 Å². The summed E-state index contributed by atoms with van der Waals surface area (Å²) in [5.41, 5.74) is 0. The average Bonchev–Trinajstić information content (AvgIpc) is 2.28. The third-order valence-corrected chi connectivity index (χ3v) is 3.65. The second-order valence-electron chi connectivity index (χ2n) is 4.89. The van der Waals surface area contributed by atoms with Crippen LogP contribution < -0.4 is 0 Å². The maximum absolute atomic E-state index is 12.0. The third kappa shape index (κ3) is 11.2. The summed E-state index contributed by atoms with van der Waals surface area (Å²) in [5, 5.41) is -0.336. The van der Waals surface area contributed by atoms with E-state index in [1.54, 1.807) is 0 Å². The maximum atomic E-state index is 12.0. The van der Waals surface area contributed by atoms with Crippen LogP contribution in [-0.2, 0) is 9.53 Å². The molecule has 1 unspecified atom stereocenters. The van der Waals surface area contributed by atoms with E-state index in [0.717, 1.165) is 6.42 Å². The van der Waals surface area contributed by atoms with Crippen molar-refractivity contribution in [3.63, 3.8) is 0 Å². The number of halogens is 3. The Morgan fingerprint density at radius 1 is 1.32 bits per heavy atom. The van der Waals surface area contributed by atoms with Crippen LogP contribution in [0.1, 0.15) is 46.5 Å². The molecule has 0 N–H and O–H groups in total. The van der Waals surface area contributed by atoms with Crippen LogP contribution >= 0.6 is 11.8 Å². The molecule has 0 heterocycles. The minimum atomic E-state index is -4.11. The number of carbonyl (C=O) groups is 1. The fraction of sp³-hybridized carbons (Fsp3) is 0.923. The molecule has 0 radical (unpaired) electrons. The highest BCUT2D eigenvalue weighted by molar-refractivity contribution is 8.00. The number of ether oxygens (including phenoxy) is 1. The molecule has 0 aromatic heterocycles. The zero-order chi connectivity index (χ0) is 14.9. The molecule has 0 amide bonds. The van der Waals surface area contributed by atoms with Crippen LogP contribution in [0.3, 0.4) is 0 Å². The first-order valence-corrected chi connectivity index (χ1v) is 7.66. The molecule has 0 saturated heterocycles. The second-order valence-corrected chi connectivity index (χ2v) is 6.20. The number of carbonyl (C=O) groups excluding carboxylic acids is 1. The Balaban J connectivity index is 4.00. The van der Waals surface area contributed by atoms with Crippen LogP contribution in [0.25, 0.3) is 0 Å². The Kier molecular flexibility index (Phi) is 9.31. The Hall–Kier alpha value is -0.390. The van der Waals surface area contributed by atoms with Gasteiger partial charge in [0.1, 0.15) is 5.25 Å². The van der Waals surface area contributed by atoms with E-state index in [4.69, 9.17) is 4.74 Å². The molecule has 0 aliphatic carbocycles. The molecule has 6 heteroatoms. The van der Waals surface area contributed by atoms with E-state index >= 15 is 0 Å². The van der Waals surface area contributed by atoms with Crippen LogP contribution in [0, 0.1) is 5.92 Å². The molecular weight excluding hydrogens is 277 g/mol. The van der Waals surface area contributed by atoms with Crippen LogP contribution in [0.15, 0.2) is 0 Å². The fourth-order valence-electron chi connectivity index (χ4n) is 1.37. The summed E-state index contributed by atoms with van der Waals surface area (Å²) in [4.78, 5) is 11.8. The van der Waals surface area contributed by atoms with Crippen molar-refractivity contribution >= 4 is 17.7 Å². The van der Waals surface area contributed by atoms with E-state index in [0.29, 0.717) is 18.8 Å². The van der Waals surface area contributed by atoms with Crippen molar-refractivity contribution in [1.29, 1.82) is 0 Å². The third-order valence-electron chi connectivity index (χ3n) is 2.30. The van der Waals surface area contributed by atoms with Crippen molar-refractivity contribution in [3.05, 3.63) is 0 Å². The van der Waals surface area contributed by atoms with Gasteiger partial charge in [-0.25, -0.2) is 0 Å². The number of alkyl halides is 3. The second kappa shape index (κ2) is 9.50. The SMILES string of the molecule is CCCC(SCCCC(F)(F)F)C(=O)OCC(C)C. The topological polar surface area (TPSA) is 26.3 Å². The van der Waals surface area contributed by atoms with Gasteiger partial charge in [0.15, 0.2) is 0 Å². The van der Waals surface area contributed by atoms with Gasteiger partial charge in [-0.05, 0) is 24.5 Å². The van der Waals surface area contributed by atoms with Crippen LogP contribution in [0.4, 0.5) is 13.2 Å². The van der Waals surface area contributed by atoms with Crippen molar-refractivity contribution in [3.8, 4) is 0 Å². The van der Waals surface area contributed by atoms with Gasteiger partial charge >= 0.3 is 12.1 Å². The predicted molar refractivity (Wildman–Crippen MR) is 72.2 cm³/mol. The molecule has 0 aliphatic heterocycles. The van der Waals surface area contributed by atoms with Crippen molar-refractivity contribution in [2.75, 3.05) is 12.4 Å². The Bertz CT molecular complexity index is 255. The zero-order valence-electron chi connectivity index (χ0n) is 11.8. The lowest BCUT2D eigenvalue weighted by Crippen LogP contribution is -2.22. The van der Waals surface area contributed by atoms with Gasteiger partial charge in [-0.2, -0.15) is 13.2 Å². The van der Waals surface area contributed by atoms with E-state index in [1.165, 1.54) is 11.8 Å². The molecule has 1 atom stereocenters. The van der Waals surface area contributed by atoms with Gasteiger partial charge in [0, 0.05) is 6.42 Å². The fourth-order valence-corrected chi connectivity index (χ4v) is 2.57. The normalized spacial score (nSPS) is 13.6. The monoisotopic (exact) mass is 300 g/mol. The highest BCUT2D eigenvalue weighted by Crippen LogP contribution is 2.25. The van der Waals surface area contributed by atoms with Crippen LogP contribution in [0.5, 0.6) is 0 Å². The van der Waals surface area contributed by atoms with Gasteiger partial charge in [0.05, 0.1) is 6.61 Å². The average molecular weight is 300 g/mol. The summed E-state index contributed by atoms with van der Waals surface area (Å²) in [6, 6.07) is 0. The first-order valence-electron chi connectivity index (χ1n) is 6.61. The lowest BCUT2D eigenvalue weighted by molar-refractivity contribution is -0.144. The summed E-state index contributed by atoms with van der Waals surface area (Å²) in [6.07, 6.45) is -3.40. The summed E-state index contributed by atoms with van der Waals surface area (Å²) in [6.45, 7) is 6.19. The minimum absolute atomic E-state index is 0.0475.